The lowest BCUT2D eigenvalue weighted by Gasteiger charge is -2.32. The quantitative estimate of drug-likeness (QED) is 0.558. The summed E-state index contributed by atoms with van der Waals surface area (Å²) in [6.45, 7) is 8.60. The highest BCUT2D eigenvalue weighted by Gasteiger charge is 2.57. The molecule has 7 heteroatoms. The third kappa shape index (κ3) is 4.34. The van der Waals surface area contributed by atoms with Gasteiger partial charge in [-0.05, 0) is 48.5 Å². The van der Waals surface area contributed by atoms with Crippen molar-refractivity contribution in [3.8, 4) is 0 Å². The molecular weight excluding hydrogens is 393 g/mol. The van der Waals surface area contributed by atoms with Crippen LogP contribution in [0, 0.1) is 0 Å². The van der Waals surface area contributed by atoms with Crippen molar-refractivity contribution in [1.29, 1.82) is 0 Å². The van der Waals surface area contributed by atoms with Crippen LogP contribution in [0.5, 0.6) is 0 Å². The molecule has 0 N–H and O–H groups in total. The molecule has 2 aromatic carbocycles. The van der Waals surface area contributed by atoms with Gasteiger partial charge in [0.2, 0.25) is 0 Å². The van der Waals surface area contributed by atoms with Gasteiger partial charge < -0.3 is 23.5 Å². The molecule has 162 valence electrons. The van der Waals surface area contributed by atoms with Crippen LogP contribution in [0.1, 0.15) is 44.7 Å². The zero-order chi connectivity index (χ0) is 21.6. The van der Waals surface area contributed by atoms with E-state index in [0.717, 1.165) is 16.7 Å². The lowest BCUT2D eigenvalue weighted by atomic mass is 9.76. The Morgan fingerprint density at radius 1 is 1.00 bits per heavy atom. The summed E-state index contributed by atoms with van der Waals surface area (Å²) in [4.78, 5) is 4.58. The Morgan fingerprint density at radius 3 is 2.45 bits per heavy atom. The molecule has 3 aliphatic heterocycles. The van der Waals surface area contributed by atoms with Gasteiger partial charge in [-0.3, -0.25) is 4.99 Å². The van der Waals surface area contributed by atoms with E-state index in [1.165, 1.54) is 5.56 Å². The number of hydrogen-bond acceptors (Lipinski definition) is 6. The Morgan fingerprint density at radius 2 is 1.74 bits per heavy atom. The molecule has 6 nitrogen and oxygen atoms in total. The molecule has 3 fully saturated rings. The molecule has 0 spiro atoms. The van der Waals surface area contributed by atoms with Crippen LogP contribution in [-0.4, -0.2) is 50.3 Å². The first kappa shape index (κ1) is 20.9. The first-order valence-electron chi connectivity index (χ1n) is 10.9. The second kappa shape index (κ2) is 8.15. The number of aliphatic imine (C=N–C) groups is 1. The highest BCUT2D eigenvalue weighted by Crippen LogP contribution is 2.40. The van der Waals surface area contributed by atoms with E-state index >= 15 is 0 Å². The van der Waals surface area contributed by atoms with Gasteiger partial charge in [-0.25, -0.2) is 0 Å². The van der Waals surface area contributed by atoms with E-state index in [9.17, 15) is 0 Å². The van der Waals surface area contributed by atoms with E-state index in [-0.39, 0.29) is 18.3 Å². The zero-order valence-corrected chi connectivity index (χ0v) is 18.4. The number of fused-ring (bicyclic) bond motifs is 3. The van der Waals surface area contributed by atoms with Crippen molar-refractivity contribution >= 4 is 24.5 Å². The van der Waals surface area contributed by atoms with Crippen molar-refractivity contribution in [2.75, 3.05) is 6.61 Å². The number of nitrogens with zero attached hydrogens (tertiary/aromatic N) is 1. The minimum Gasteiger partial charge on any atom is -0.404 e. The van der Waals surface area contributed by atoms with Crippen LogP contribution >= 0.6 is 0 Å². The maximum absolute atomic E-state index is 6.22. The second-order valence-electron chi connectivity index (χ2n) is 9.08. The minimum absolute atomic E-state index is 0.171. The van der Waals surface area contributed by atoms with Gasteiger partial charge in [0, 0.05) is 6.21 Å². The van der Waals surface area contributed by atoms with Crippen LogP contribution in [0.2, 0.25) is 0 Å². The molecule has 0 aromatic heterocycles. The standard InChI is InChI=1S/C24H28BNO5/c1-15(2)17-7-11-19(12-8-17)26-13-16-5-9-18(10-6-16)25-27-14-20-21(31-25)22-23(28-20)30-24(3,4)29-22/h5-13,15,20-23H,14H2,1-4H3/t20-,21+,22-,23-/m1/s1. The van der Waals surface area contributed by atoms with Crippen LogP contribution in [0.4, 0.5) is 5.69 Å². The van der Waals surface area contributed by atoms with Crippen LogP contribution in [0.25, 0.3) is 0 Å². The van der Waals surface area contributed by atoms with Crippen molar-refractivity contribution in [3.63, 3.8) is 0 Å². The van der Waals surface area contributed by atoms with Gasteiger partial charge in [-0.2, -0.15) is 0 Å². The highest BCUT2D eigenvalue weighted by molar-refractivity contribution is 6.61. The van der Waals surface area contributed by atoms with E-state index in [1.54, 1.807) is 0 Å². The molecule has 2 aromatic rings. The van der Waals surface area contributed by atoms with Gasteiger partial charge in [0.15, 0.2) is 12.1 Å². The fraction of sp³-hybridized carbons (Fsp3) is 0.458. The summed E-state index contributed by atoms with van der Waals surface area (Å²) < 4.78 is 29.8. The maximum Gasteiger partial charge on any atom is 0.494 e. The number of hydrogen-bond donors (Lipinski definition) is 0. The Kier molecular flexibility index (Phi) is 5.48. The summed E-state index contributed by atoms with van der Waals surface area (Å²) in [5, 5.41) is 0. The fourth-order valence-corrected chi connectivity index (χ4v) is 4.22. The van der Waals surface area contributed by atoms with Crippen molar-refractivity contribution in [3.05, 3.63) is 59.7 Å². The molecule has 0 aliphatic carbocycles. The summed E-state index contributed by atoms with van der Waals surface area (Å²) in [5.41, 5.74) is 4.23. The molecule has 3 saturated heterocycles. The smallest absolute Gasteiger partial charge is 0.404 e. The molecule has 0 bridgehead atoms. The Hall–Kier alpha value is -2.03. The predicted molar refractivity (Wildman–Crippen MR) is 119 cm³/mol. The topological polar surface area (TPSA) is 58.5 Å². The largest absolute Gasteiger partial charge is 0.494 e. The van der Waals surface area contributed by atoms with Gasteiger partial charge in [0.05, 0.1) is 12.3 Å². The molecule has 0 amide bonds. The molecular formula is C24H28BNO5. The van der Waals surface area contributed by atoms with Gasteiger partial charge in [-0.15, -0.1) is 0 Å². The summed E-state index contributed by atoms with van der Waals surface area (Å²) >= 11 is 0. The van der Waals surface area contributed by atoms with Crippen molar-refractivity contribution in [1.82, 2.24) is 0 Å². The normalized spacial score (nSPS) is 29.5. The molecule has 4 atom stereocenters. The lowest BCUT2D eigenvalue weighted by molar-refractivity contribution is -0.221. The van der Waals surface area contributed by atoms with Crippen LogP contribution in [0.3, 0.4) is 0 Å². The van der Waals surface area contributed by atoms with E-state index in [2.05, 4.69) is 31.0 Å². The Bertz CT molecular complexity index is 943. The van der Waals surface area contributed by atoms with Gasteiger partial charge in [-0.1, -0.05) is 50.2 Å². The van der Waals surface area contributed by atoms with Crippen molar-refractivity contribution in [2.45, 2.75) is 64.0 Å². The van der Waals surface area contributed by atoms with Crippen LogP contribution in [-0.2, 0) is 23.5 Å². The average molecular weight is 421 g/mol. The minimum atomic E-state index is -0.659. The predicted octanol–water partition coefficient (Wildman–Crippen LogP) is 3.55. The van der Waals surface area contributed by atoms with Gasteiger partial charge in [0.25, 0.3) is 0 Å². The summed E-state index contributed by atoms with van der Waals surface area (Å²) in [5.74, 6) is -0.140. The first-order chi connectivity index (χ1) is 14.9. The van der Waals surface area contributed by atoms with E-state index in [0.29, 0.717) is 12.5 Å². The van der Waals surface area contributed by atoms with Crippen LogP contribution < -0.4 is 5.46 Å². The molecule has 0 radical (unpaired) electrons. The van der Waals surface area contributed by atoms with Gasteiger partial charge >= 0.3 is 7.12 Å². The summed E-state index contributed by atoms with van der Waals surface area (Å²) in [7, 11) is -0.453. The molecule has 0 unspecified atom stereocenters. The molecule has 0 saturated carbocycles. The fourth-order valence-electron chi connectivity index (χ4n) is 4.22. The van der Waals surface area contributed by atoms with Crippen LogP contribution in [0.15, 0.2) is 53.5 Å². The molecule has 31 heavy (non-hydrogen) atoms. The third-order valence-corrected chi connectivity index (χ3v) is 5.91. The zero-order valence-electron chi connectivity index (χ0n) is 18.4. The van der Waals surface area contributed by atoms with Gasteiger partial charge in [0.1, 0.15) is 18.3 Å². The average Bonchev–Trinajstić information content (AvgIpc) is 3.24. The lowest BCUT2D eigenvalue weighted by Crippen LogP contribution is -2.53. The first-order valence-corrected chi connectivity index (χ1v) is 10.9. The maximum atomic E-state index is 6.22. The summed E-state index contributed by atoms with van der Waals surface area (Å²) in [6, 6.07) is 16.4. The Balaban J connectivity index is 1.23. The van der Waals surface area contributed by atoms with E-state index in [4.69, 9.17) is 23.5 Å². The monoisotopic (exact) mass is 421 g/mol. The van der Waals surface area contributed by atoms with Crippen molar-refractivity contribution in [2.24, 2.45) is 4.99 Å². The highest BCUT2D eigenvalue weighted by atomic mass is 16.8. The number of benzene rings is 2. The molecule has 3 aliphatic rings. The molecule has 3 heterocycles. The number of ether oxygens (including phenoxy) is 3. The SMILES string of the molecule is CC(C)c1ccc(N=Cc2ccc(B3OC[C@H]4O[C@@H]5OC(C)(C)O[C@@H]5[C@H]4O3)cc2)cc1. The third-order valence-electron chi connectivity index (χ3n) is 5.91. The Labute approximate surface area is 183 Å². The van der Waals surface area contributed by atoms with E-state index in [1.807, 2.05) is 56.5 Å². The van der Waals surface area contributed by atoms with E-state index < -0.39 is 19.2 Å². The van der Waals surface area contributed by atoms with Crippen molar-refractivity contribution < 1.29 is 23.5 Å². The summed E-state index contributed by atoms with van der Waals surface area (Å²) in [6.07, 6.45) is 0.852. The second-order valence-corrected chi connectivity index (χ2v) is 9.08. The number of rotatable bonds is 4. The molecule has 5 rings (SSSR count).